The lowest BCUT2D eigenvalue weighted by atomic mass is 9.89. The maximum atomic E-state index is 12.9. The van der Waals surface area contributed by atoms with Gasteiger partial charge in [-0.05, 0) is 45.1 Å². The molecule has 6 nitrogen and oxygen atoms in total. The van der Waals surface area contributed by atoms with E-state index in [2.05, 4.69) is 12.2 Å². The number of amides is 2. The van der Waals surface area contributed by atoms with Crippen molar-refractivity contribution in [2.24, 2.45) is 23.5 Å². The van der Waals surface area contributed by atoms with Crippen LogP contribution in [0.5, 0.6) is 0 Å². The summed E-state index contributed by atoms with van der Waals surface area (Å²) in [6.07, 6.45) is 4.80. The van der Waals surface area contributed by atoms with Gasteiger partial charge in [-0.15, -0.1) is 12.4 Å². The Labute approximate surface area is 151 Å². The number of nitrogens with zero attached hydrogens (tertiary/aromatic N) is 1. The molecule has 2 rings (SSSR count). The van der Waals surface area contributed by atoms with Gasteiger partial charge < -0.3 is 20.7 Å². The van der Waals surface area contributed by atoms with Gasteiger partial charge in [-0.1, -0.05) is 6.42 Å². The molecular formula is C17H32ClN3O3. The smallest absolute Gasteiger partial charge is 0.226 e. The van der Waals surface area contributed by atoms with Crippen molar-refractivity contribution in [3.05, 3.63) is 0 Å². The summed E-state index contributed by atoms with van der Waals surface area (Å²) in [5, 5.41) is 2.90. The van der Waals surface area contributed by atoms with Crippen LogP contribution in [0.4, 0.5) is 0 Å². The first-order chi connectivity index (χ1) is 11.1. The SMILES string of the molecule is COCCNC(=O)C1CCC(C)N(C(=O)[C@@H]2CCC[C@@H]2CN)C1.Cl. The zero-order valence-electron chi connectivity index (χ0n) is 14.8. The van der Waals surface area contributed by atoms with Crippen LogP contribution in [0.3, 0.4) is 0 Å². The lowest BCUT2D eigenvalue weighted by molar-refractivity contribution is -0.143. The molecule has 2 fully saturated rings. The van der Waals surface area contributed by atoms with Crippen molar-refractivity contribution in [1.82, 2.24) is 10.2 Å². The number of hydrogen-bond donors (Lipinski definition) is 2. The molecule has 0 aromatic rings. The standard InChI is InChI=1S/C17H31N3O3.ClH/c1-12-6-7-14(16(21)19-8-9-23-2)11-20(12)17(22)15-5-3-4-13(15)10-18;/h12-15H,3-11,18H2,1-2H3,(H,19,21);1H/t12?,13-,14?,15-;/m1./s1. The topological polar surface area (TPSA) is 84.7 Å². The van der Waals surface area contributed by atoms with Crippen LogP contribution in [0, 0.1) is 17.8 Å². The summed E-state index contributed by atoms with van der Waals surface area (Å²) in [5.74, 6) is 0.501. The van der Waals surface area contributed by atoms with Gasteiger partial charge in [0.2, 0.25) is 11.8 Å². The molecule has 0 aromatic heterocycles. The van der Waals surface area contributed by atoms with Gasteiger partial charge in [0.05, 0.1) is 12.5 Å². The van der Waals surface area contributed by atoms with Crippen LogP contribution in [0.15, 0.2) is 0 Å². The second kappa shape index (κ2) is 10.2. The second-order valence-electron chi connectivity index (χ2n) is 6.93. The van der Waals surface area contributed by atoms with E-state index in [1.165, 1.54) is 0 Å². The third kappa shape index (κ3) is 5.07. The molecule has 0 bridgehead atoms. The summed E-state index contributed by atoms with van der Waals surface area (Å²) < 4.78 is 4.96. The molecule has 2 amide bonds. The molecule has 24 heavy (non-hydrogen) atoms. The summed E-state index contributed by atoms with van der Waals surface area (Å²) in [6.45, 7) is 4.24. The molecule has 1 aliphatic heterocycles. The number of nitrogens with two attached hydrogens (primary N) is 1. The molecule has 7 heteroatoms. The maximum absolute atomic E-state index is 12.9. The number of carbonyl (C=O) groups is 2. The van der Waals surface area contributed by atoms with Gasteiger partial charge in [0, 0.05) is 32.2 Å². The van der Waals surface area contributed by atoms with Crippen LogP contribution in [-0.4, -0.2) is 56.1 Å². The highest BCUT2D eigenvalue weighted by atomic mass is 35.5. The van der Waals surface area contributed by atoms with E-state index in [4.69, 9.17) is 10.5 Å². The highest BCUT2D eigenvalue weighted by molar-refractivity contribution is 5.85. The van der Waals surface area contributed by atoms with Crippen molar-refractivity contribution in [2.75, 3.05) is 33.4 Å². The second-order valence-corrected chi connectivity index (χ2v) is 6.93. The molecule has 2 unspecified atom stereocenters. The van der Waals surface area contributed by atoms with Crippen LogP contribution in [-0.2, 0) is 14.3 Å². The third-order valence-electron chi connectivity index (χ3n) is 5.42. The molecule has 1 heterocycles. The molecule has 140 valence electrons. The van der Waals surface area contributed by atoms with Gasteiger partial charge in [-0.25, -0.2) is 0 Å². The van der Waals surface area contributed by atoms with E-state index in [1.807, 2.05) is 4.90 Å². The first-order valence-corrected chi connectivity index (χ1v) is 8.85. The lowest BCUT2D eigenvalue weighted by Crippen LogP contribution is -2.52. The number of piperidine rings is 1. The zero-order valence-corrected chi connectivity index (χ0v) is 15.6. The van der Waals surface area contributed by atoms with Crippen LogP contribution in [0.1, 0.15) is 39.0 Å². The highest BCUT2D eigenvalue weighted by Gasteiger charge is 2.39. The van der Waals surface area contributed by atoms with Crippen molar-refractivity contribution in [2.45, 2.75) is 45.1 Å². The average molecular weight is 362 g/mol. The molecule has 3 N–H and O–H groups in total. The summed E-state index contributed by atoms with van der Waals surface area (Å²) in [5.41, 5.74) is 5.82. The average Bonchev–Trinajstić information content (AvgIpc) is 3.03. The number of hydrogen-bond acceptors (Lipinski definition) is 4. The van der Waals surface area contributed by atoms with Crippen LogP contribution >= 0.6 is 12.4 Å². The quantitative estimate of drug-likeness (QED) is 0.695. The van der Waals surface area contributed by atoms with Gasteiger partial charge in [-0.2, -0.15) is 0 Å². The highest BCUT2D eigenvalue weighted by Crippen LogP contribution is 2.34. The molecule has 4 atom stereocenters. The van der Waals surface area contributed by atoms with Gasteiger partial charge in [0.15, 0.2) is 0 Å². The van der Waals surface area contributed by atoms with Crippen molar-refractivity contribution in [3.63, 3.8) is 0 Å². The van der Waals surface area contributed by atoms with E-state index in [-0.39, 0.29) is 42.1 Å². The predicted molar refractivity (Wildman–Crippen MR) is 95.9 cm³/mol. The normalized spacial score (nSPS) is 29.9. The number of likely N-dealkylation sites (tertiary alicyclic amines) is 1. The molecule has 1 saturated carbocycles. The first-order valence-electron chi connectivity index (χ1n) is 8.85. The van der Waals surface area contributed by atoms with E-state index in [0.29, 0.717) is 32.2 Å². The fourth-order valence-corrected chi connectivity index (χ4v) is 3.91. The van der Waals surface area contributed by atoms with Crippen LogP contribution < -0.4 is 11.1 Å². The van der Waals surface area contributed by atoms with Gasteiger partial charge in [-0.3, -0.25) is 9.59 Å². The Morgan fingerprint density at radius 2 is 2.00 bits per heavy atom. The van der Waals surface area contributed by atoms with Crippen LogP contribution in [0.2, 0.25) is 0 Å². The minimum absolute atomic E-state index is 0. The Kier molecular flexibility index (Phi) is 9.02. The van der Waals surface area contributed by atoms with E-state index in [1.54, 1.807) is 7.11 Å². The minimum atomic E-state index is -0.107. The number of halogens is 1. The van der Waals surface area contributed by atoms with E-state index < -0.39 is 0 Å². The van der Waals surface area contributed by atoms with Gasteiger partial charge >= 0.3 is 0 Å². The summed E-state index contributed by atoms with van der Waals surface area (Å²) >= 11 is 0. The Morgan fingerprint density at radius 1 is 1.25 bits per heavy atom. The summed E-state index contributed by atoms with van der Waals surface area (Å²) in [6, 6.07) is 0.213. The fraction of sp³-hybridized carbons (Fsp3) is 0.882. The Hall–Kier alpha value is -0.850. The van der Waals surface area contributed by atoms with Crippen molar-refractivity contribution in [3.8, 4) is 0 Å². The Bertz CT molecular complexity index is 422. The number of carbonyl (C=O) groups excluding carboxylic acids is 2. The van der Waals surface area contributed by atoms with E-state index in [9.17, 15) is 9.59 Å². The summed E-state index contributed by atoms with van der Waals surface area (Å²) in [7, 11) is 1.62. The molecule has 0 aromatic carbocycles. The van der Waals surface area contributed by atoms with Gasteiger partial charge in [0.1, 0.15) is 0 Å². The van der Waals surface area contributed by atoms with Gasteiger partial charge in [0.25, 0.3) is 0 Å². The maximum Gasteiger partial charge on any atom is 0.226 e. The number of nitrogens with one attached hydrogen (secondary N) is 1. The third-order valence-corrected chi connectivity index (χ3v) is 5.42. The summed E-state index contributed by atoms with van der Waals surface area (Å²) in [4.78, 5) is 27.1. The monoisotopic (exact) mass is 361 g/mol. The Morgan fingerprint density at radius 3 is 2.67 bits per heavy atom. The lowest BCUT2D eigenvalue weighted by Gasteiger charge is -2.39. The van der Waals surface area contributed by atoms with Crippen molar-refractivity contribution >= 4 is 24.2 Å². The van der Waals surface area contributed by atoms with Crippen molar-refractivity contribution < 1.29 is 14.3 Å². The van der Waals surface area contributed by atoms with E-state index in [0.717, 1.165) is 32.1 Å². The Balaban J connectivity index is 0.00000288. The molecule has 2 aliphatic rings. The first kappa shape index (κ1) is 21.2. The molecule has 1 saturated heterocycles. The minimum Gasteiger partial charge on any atom is -0.383 e. The largest absolute Gasteiger partial charge is 0.383 e. The van der Waals surface area contributed by atoms with Crippen molar-refractivity contribution in [1.29, 1.82) is 0 Å². The zero-order chi connectivity index (χ0) is 16.8. The van der Waals surface area contributed by atoms with Crippen LogP contribution in [0.25, 0.3) is 0 Å². The number of ether oxygens (including phenoxy) is 1. The molecule has 1 aliphatic carbocycles. The fourth-order valence-electron chi connectivity index (χ4n) is 3.91. The molecule has 0 radical (unpaired) electrons. The predicted octanol–water partition coefficient (Wildman–Crippen LogP) is 1.17. The van der Waals surface area contributed by atoms with E-state index >= 15 is 0 Å². The number of methoxy groups -OCH3 is 1. The molecular weight excluding hydrogens is 330 g/mol. The number of rotatable bonds is 6. The molecule has 0 spiro atoms.